The van der Waals surface area contributed by atoms with Crippen LogP contribution in [0.4, 0.5) is 0 Å². The highest BCUT2D eigenvalue weighted by molar-refractivity contribution is 5.97. The maximum Gasteiger partial charge on any atom is 0.268 e. The molecule has 1 amide bonds. The molecule has 5 heteroatoms. The van der Waals surface area contributed by atoms with E-state index in [0.717, 1.165) is 23.2 Å². The summed E-state index contributed by atoms with van der Waals surface area (Å²) in [5.74, 6) is -0.0748. The Kier molecular flexibility index (Phi) is 4.48. The van der Waals surface area contributed by atoms with E-state index in [2.05, 4.69) is 17.4 Å². The molecule has 0 aliphatic carbocycles. The Morgan fingerprint density at radius 3 is 2.74 bits per heavy atom. The quantitative estimate of drug-likeness (QED) is 0.761. The fraction of sp³-hybridized carbons (Fsp3) is 0.278. The van der Waals surface area contributed by atoms with E-state index < -0.39 is 0 Å². The van der Waals surface area contributed by atoms with Gasteiger partial charge in [0, 0.05) is 31.8 Å². The van der Waals surface area contributed by atoms with Crippen LogP contribution in [0.25, 0.3) is 11.1 Å². The van der Waals surface area contributed by atoms with Crippen LogP contribution in [0.3, 0.4) is 0 Å². The second-order valence-corrected chi connectivity index (χ2v) is 5.83. The third-order valence-corrected chi connectivity index (χ3v) is 3.78. The minimum absolute atomic E-state index is 0.0748. The van der Waals surface area contributed by atoms with E-state index in [1.807, 2.05) is 53.9 Å². The number of likely N-dealkylation sites (N-methyl/N-ethyl adjacent to an activating group) is 1. The van der Waals surface area contributed by atoms with Crippen LogP contribution < -0.4 is 5.32 Å². The van der Waals surface area contributed by atoms with Gasteiger partial charge in [0.25, 0.3) is 5.91 Å². The molecule has 0 fully saturated rings. The molecule has 0 atom stereocenters. The van der Waals surface area contributed by atoms with Gasteiger partial charge in [-0.25, -0.2) is 0 Å². The van der Waals surface area contributed by atoms with Gasteiger partial charge in [-0.3, -0.25) is 4.79 Å². The zero-order valence-corrected chi connectivity index (χ0v) is 13.5. The van der Waals surface area contributed by atoms with Crippen LogP contribution in [-0.4, -0.2) is 42.6 Å². The first kappa shape index (κ1) is 15.4. The van der Waals surface area contributed by atoms with Gasteiger partial charge < -0.3 is 19.2 Å². The average Bonchev–Trinajstić information content (AvgIpc) is 3.10. The molecule has 1 N–H and O–H groups in total. The normalized spacial score (nSPS) is 11.3. The highest BCUT2D eigenvalue weighted by Crippen LogP contribution is 2.22. The Labute approximate surface area is 135 Å². The largest absolute Gasteiger partial charge is 0.463 e. The molecule has 0 spiro atoms. The van der Waals surface area contributed by atoms with Crippen molar-refractivity contribution < 1.29 is 9.21 Å². The summed E-state index contributed by atoms with van der Waals surface area (Å²) in [6.07, 6.45) is 1.65. The van der Waals surface area contributed by atoms with Crippen molar-refractivity contribution in [3.63, 3.8) is 0 Å². The number of aromatic nitrogens is 1. The van der Waals surface area contributed by atoms with Crippen LogP contribution in [0.5, 0.6) is 0 Å². The summed E-state index contributed by atoms with van der Waals surface area (Å²) in [4.78, 5) is 14.5. The topological polar surface area (TPSA) is 50.4 Å². The van der Waals surface area contributed by atoms with Crippen molar-refractivity contribution in [2.24, 2.45) is 0 Å². The van der Waals surface area contributed by atoms with E-state index in [0.29, 0.717) is 18.8 Å². The first-order valence-corrected chi connectivity index (χ1v) is 7.69. The molecule has 5 nitrogen and oxygen atoms in total. The van der Waals surface area contributed by atoms with Crippen LogP contribution >= 0.6 is 0 Å². The standard InChI is InChI=1S/C18H21N3O2/c1-20(2)10-9-19-18(22)16-12-17-15(8-11-23-17)21(16)13-14-6-4-3-5-7-14/h3-8,11-12H,9-10,13H2,1-2H3,(H,19,22). The number of fused-ring (bicyclic) bond motifs is 1. The highest BCUT2D eigenvalue weighted by atomic mass is 16.3. The van der Waals surface area contributed by atoms with Gasteiger partial charge >= 0.3 is 0 Å². The summed E-state index contributed by atoms with van der Waals surface area (Å²) in [6, 6.07) is 13.8. The number of carbonyl (C=O) groups excluding carboxylic acids is 1. The first-order valence-electron chi connectivity index (χ1n) is 7.69. The van der Waals surface area contributed by atoms with E-state index in [1.54, 1.807) is 6.26 Å². The molecule has 0 aliphatic rings. The molecule has 3 aromatic rings. The van der Waals surface area contributed by atoms with Crippen LogP contribution in [0, 0.1) is 0 Å². The molecule has 120 valence electrons. The molecular formula is C18H21N3O2. The molecule has 2 aromatic heterocycles. The smallest absolute Gasteiger partial charge is 0.268 e. The molecule has 0 saturated carbocycles. The monoisotopic (exact) mass is 311 g/mol. The lowest BCUT2D eigenvalue weighted by molar-refractivity contribution is 0.0942. The second-order valence-electron chi connectivity index (χ2n) is 5.83. The Hall–Kier alpha value is -2.53. The summed E-state index contributed by atoms with van der Waals surface area (Å²) in [5, 5.41) is 2.96. The number of rotatable bonds is 6. The van der Waals surface area contributed by atoms with Gasteiger partial charge in [0.05, 0.1) is 11.8 Å². The van der Waals surface area contributed by atoms with Gasteiger partial charge in [-0.05, 0) is 19.7 Å². The minimum atomic E-state index is -0.0748. The fourth-order valence-corrected chi connectivity index (χ4v) is 2.59. The zero-order chi connectivity index (χ0) is 16.2. The maximum absolute atomic E-state index is 12.5. The first-order chi connectivity index (χ1) is 11.1. The third kappa shape index (κ3) is 3.46. The minimum Gasteiger partial charge on any atom is -0.463 e. The van der Waals surface area contributed by atoms with Gasteiger partial charge in [0.15, 0.2) is 5.58 Å². The van der Waals surface area contributed by atoms with Crippen molar-refractivity contribution >= 4 is 17.0 Å². The van der Waals surface area contributed by atoms with Gasteiger partial charge in [0.1, 0.15) is 5.69 Å². The van der Waals surface area contributed by atoms with E-state index >= 15 is 0 Å². The van der Waals surface area contributed by atoms with Crippen molar-refractivity contribution in [3.05, 3.63) is 60.0 Å². The van der Waals surface area contributed by atoms with Gasteiger partial charge in [-0.15, -0.1) is 0 Å². The summed E-state index contributed by atoms with van der Waals surface area (Å²) in [6.45, 7) is 2.06. The van der Waals surface area contributed by atoms with Crippen molar-refractivity contribution in [3.8, 4) is 0 Å². The van der Waals surface area contributed by atoms with E-state index in [9.17, 15) is 4.79 Å². The molecule has 3 rings (SSSR count). The Balaban J connectivity index is 1.86. The Bertz CT molecular complexity index is 787. The number of nitrogens with zero attached hydrogens (tertiary/aromatic N) is 2. The fourth-order valence-electron chi connectivity index (χ4n) is 2.59. The van der Waals surface area contributed by atoms with Crippen molar-refractivity contribution in [1.82, 2.24) is 14.8 Å². The number of carbonyl (C=O) groups is 1. The van der Waals surface area contributed by atoms with Crippen LogP contribution in [0.2, 0.25) is 0 Å². The Morgan fingerprint density at radius 2 is 2.00 bits per heavy atom. The molecule has 23 heavy (non-hydrogen) atoms. The number of furan rings is 1. The van der Waals surface area contributed by atoms with Crippen LogP contribution in [0.1, 0.15) is 16.1 Å². The average molecular weight is 311 g/mol. The van der Waals surface area contributed by atoms with Gasteiger partial charge in [0.2, 0.25) is 0 Å². The second kappa shape index (κ2) is 6.71. The van der Waals surface area contributed by atoms with Crippen molar-refractivity contribution in [2.45, 2.75) is 6.54 Å². The molecule has 1 aromatic carbocycles. The van der Waals surface area contributed by atoms with Crippen LogP contribution in [-0.2, 0) is 6.54 Å². The molecule has 0 unspecified atom stereocenters. The molecule has 0 saturated heterocycles. The lowest BCUT2D eigenvalue weighted by Gasteiger charge is -2.12. The van der Waals surface area contributed by atoms with Crippen molar-refractivity contribution in [1.29, 1.82) is 0 Å². The van der Waals surface area contributed by atoms with Gasteiger partial charge in [-0.2, -0.15) is 0 Å². The molecule has 0 aliphatic heterocycles. The third-order valence-electron chi connectivity index (χ3n) is 3.78. The summed E-state index contributed by atoms with van der Waals surface area (Å²) < 4.78 is 7.46. The number of amides is 1. The predicted octanol–water partition coefficient (Wildman–Crippen LogP) is 2.57. The number of hydrogen-bond acceptors (Lipinski definition) is 3. The predicted molar refractivity (Wildman–Crippen MR) is 90.6 cm³/mol. The lowest BCUT2D eigenvalue weighted by Crippen LogP contribution is -2.32. The number of hydrogen-bond donors (Lipinski definition) is 1. The number of benzene rings is 1. The maximum atomic E-state index is 12.5. The summed E-state index contributed by atoms with van der Waals surface area (Å²) >= 11 is 0. The van der Waals surface area contributed by atoms with Crippen LogP contribution in [0.15, 0.2) is 53.1 Å². The van der Waals surface area contributed by atoms with E-state index in [-0.39, 0.29) is 5.91 Å². The molecule has 0 radical (unpaired) electrons. The molecule has 2 heterocycles. The van der Waals surface area contributed by atoms with E-state index in [4.69, 9.17) is 4.42 Å². The lowest BCUT2D eigenvalue weighted by atomic mass is 10.2. The molecule has 0 bridgehead atoms. The molecular weight excluding hydrogens is 290 g/mol. The number of nitrogens with one attached hydrogen (secondary N) is 1. The summed E-state index contributed by atoms with van der Waals surface area (Å²) in [5.41, 5.74) is 3.45. The highest BCUT2D eigenvalue weighted by Gasteiger charge is 2.17. The van der Waals surface area contributed by atoms with Gasteiger partial charge in [-0.1, -0.05) is 30.3 Å². The summed E-state index contributed by atoms with van der Waals surface area (Å²) in [7, 11) is 3.97. The van der Waals surface area contributed by atoms with Crippen molar-refractivity contribution in [2.75, 3.05) is 27.2 Å². The van der Waals surface area contributed by atoms with E-state index in [1.165, 1.54) is 0 Å². The Morgan fingerprint density at radius 1 is 1.22 bits per heavy atom. The zero-order valence-electron chi connectivity index (χ0n) is 13.5. The SMILES string of the molecule is CN(C)CCNC(=O)c1cc2occc2n1Cc1ccccc1.